The zero-order valence-corrected chi connectivity index (χ0v) is 17.0. The molecule has 1 aliphatic heterocycles. The summed E-state index contributed by atoms with van der Waals surface area (Å²) in [5.74, 6) is -0.338. The summed E-state index contributed by atoms with van der Waals surface area (Å²) in [5, 5.41) is 7.63. The maximum absolute atomic E-state index is 13.4. The Morgan fingerprint density at radius 2 is 1.47 bits per heavy atom. The lowest BCUT2D eigenvalue weighted by Crippen LogP contribution is -2.11. The Bertz CT molecular complexity index is 1410. The van der Waals surface area contributed by atoms with E-state index >= 15 is 0 Å². The van der Waals surface area contributed by atoms with Crippen molar-refractivity contribution in [1.82, 2.24) is 19.4 Å². The van der Waals surface area contributed by atoms with Crippen LogP contribution >= 0.6 is 0 Å². The van der Waals surface area contributed by atoms with Gasteiger partial charge in [-0.3, -0.25) is 0 Å². The maximum atomic E-state index is 13.4. The van der Waals surface area contributed by atoms with Gasteiger partial charge >= 0.3 is 6.18 Å². The van der Waals surface area contributed by atoms with Crippen molar-refractivity contribution in [1.29, 1.82) is 0 Å². The van der Waals surface area contributed by atoms with Crippen molar-refractivity contribution in [3.63, 3.8) is 0 Å². The largest absolute Gasteiger partial charge is 0.453 e. The number of aliphatic imine (C=N–C) groups is 3. The molecular formula is C22H16F3N7. The van der Waals surface area contributed by atoms with Crippen LogP contribution in [0, 0.1) is 6.92 Å². The highest BCUT2D eigenvalue weighted by atomic mass is 19.4. The second-order valence-corrected chi connectivity index (χ2v) is 7.18. The average Bonchev–Trinajstić information content (AvgIpc) is 3.43. The van der Waals surface area contributed by atoms with Crippen LogP contribution in [0.5, 0.6) is 0 Å². The zero-order chi connectivity index (χ0) is 22.5. The fourth-order valence-corrected chi connectivity index (χ4v) is 3.51. The van der Waals surface area contributed by atoms with Crippen LogP contribution in [0.4, 0.5) is 18.9 Å². The first-order valence-electron chi connectivity index (χ1n) is 9.70. The van der Waals surface area contributed by atoms with Crippen molar-refractivity contribution in [3.05, 3.63) is 83.3 Å². The minimum atomic E-state index is -4.65. The van der Waals surface area contributed by atoms with E-state index in [-0.39, 0.29) is 11.3 Å². The van der Waals surface area contributed by atoms with Gasteiger partial charge in [0.05, 0.1) is 5.69 Å². The fourth-order valence-electron chi connectivity index (χ4n) is 3.51. The van der Waals surface area contributed by atoms with Gasteiger partial charge in [0.1, 0.15) is 11.4 Å². The molecule has 1 aliphatic rings. The Balaban J connectivity index is 1.70. The van der Waals surface area contributed by atoms with Gasteiger partial charge in [0.15, 0.2) is 17.3 Å². The van der Waals surface area contributed by atoms with Gasteiger partial charge in [0, 0.05) is 18.2 Å². The molecule has 0 bridgehead atoms. The first-order chi connectivity index (χ1) is 15.3. The van der Waals surface area contributed by atoms with E-state index in [1.165, 1.54) is 7.05 Å². The molecule has 10 heteroatoms. The Morgan fingerprint density at radius 3 is 2.09 bits per heavy atom. The molecule has 0 N–H and O–H groups in total. The highest BCUT2D eigenvalue weighted by molar-refractivity contribution is 6.54. The third-order valence-corrected chi connectivity index (χ3v) is 4.95. The molecule has 0 saturated carbocycles. The Morgan fingerprint density at radius 1 is 0.844 bits per heavy atom. The lowest BCUT2D eigenvalue weighted by atomic mass is 10.1. The third-order valence-electron chi connectivity index (χ3n) is 4.95. The predicted octanol–water partition coefficient (Wildman–Crippen LogP) is 4.37. The number of benzene rings is 2. The van der Waals surface area contributed by atoms with Crippen LogP contribution in [0.1, 0.15) is 22.6 Å². The summed E-state index contributed by atoms with van der Waals surface area (Å²) in [7, 11) is 1.43. The van der Waals surface area contributed by atoms with Gasteiger partial charge in [-0.05, 0) is 6.92 Å². The second kappa shape index (κ2) is 7.26. The van der Waals surface area contributed by atoms with Crippen LogP contribution in [0.3, 0.4) is 0 Å². The van der Waals surface area contributed by atoms with Gasteiger partial charge in [0.2, 0.25) is 0 Å². The van der Waals surface area contributed by atoms with Gasteiger partial charge in [-0.2, -0.15) is 22.8 Å². The SMILES string of the molecule is Cc1nn2c(C(F)(F)F)nn(C)c2c1N=C1N=C(c2ccccc2)N=C1c1ccccc1. The molecule has 0 saturated heterocycles. The molecule has 4 aromatic rings. The summed E-state index contributed by atoms with van der Waals surface area (Å²) in [4.78, 5) is 13.9. The van der Waals surface area contributed by atoms with Crippen molar-refractivity contribution in [2.45, 2.75) is 13.1 Å². The molecule has 2 aromatic heterocycles. The number of halogens is 3. The van der Waals surface area contributed by atoms with Crippen LogP contribution in [-0.2, 0) is 13.2 Å². The molecule has 0 unspecified atom stereocenters. The molecule has 0 radical (unpaired) electrons. The summed E-state index contributed by atoms with van der Waals surface area (Å²) in [5.41, 5.74) is 2.84. The van der Waals surface area contributed by atoms with E-state index in [1.807, 2.05) is 60.7 Å². The second-order valence-electron chi connectivity index (χ2n) is 7.18. The summed E-state index contributed by atoms with van der Waals surface area (Å²) in [6.45, 7) is 1.60. The Labute approximate surface area is 180 Å². The van der Waals surface area contributed by atoms with Crippen LogP contribution in [0.2, 0.25) is 0 Å². The summed E-state index contributed by atoms with van der Waals surface area (Å²) in [6, 6.07) is 18.8. The molecule has 3 heterocycles. The topological polar surface area (TPSA) is 72.2 Å². The van der Waals surface area contributed by atoms with E-state index in [0.29, 0.717) is 23.1 Å². The van der Waals surface area contributed by atoms with Crippen molar-refractivity contribution < 1.29 is 13.2 Å². The highest BCUT2D eigenvalue weighted by Crippen LogP contribution is 2.33. The van der Waals surface area contributed by atoms with Crippen molar-refractivity contribution in [3.8, 4) is 0 Å². The van der Waals surface area contributed by atoms with E-state index in [9.17, 15) is 13.2 Å². The minimum absolute atomic E-state index is 0.123. The lowest BCUT2D eigenvalue weighted by molar-refractivity contribution is -0.146. The van der Waals surface area contributed by atoms with Crippen molar-refractivity contribution in [2.75, 3.05) is 0 Å². The molecule has 0 atom stereocenters. The smallest absolute Gasteiger partial charge is 0.247 e. The van der Waals surface area contributed by atoms with Gasteiger partial charge < -0.3 is 0 Å². The Kier molecular flexibility index (Phi) is 4.50. The first kappa shape index (κ1) is 19.9. The summed E-state index contributed by atoms with van der Waals surface area (Å²) < 4.78 is 42.0. The Hall–Kier alpha value is -4.08. The van der Waals surface area contributed by atoms with Crippen LogP contribution < -0.4 is 0 Å². The quantitative estimate of drug-likeness (QED) is 0.479. The van der Waals surface area contributed by atoms with Crippen LogP contribution in [-0.4, -0.2) is 36.8 Å². The van der Waals surface area contributed by atoms with Gasteiger partial charge in [-0.25, -0.2) is 19.7 Å². The van der Waals surface area contributed by atoms with Gasteiger partial charge in [-0.15, -0.1) is 5.10 Å². The molecule has 32 heavy (non-hydrogen) atoms. The predicted molar refractivity (Wildman–Crippen MR) is 115 cm³/mol. The van der Waals surface area contributed by atoms with Crippen molar-refractivity contribution in [2.24, 2.45) is 22.0 Å². The number of rotatable bonds is 3. The normalized spacial score (nSPS) is 15.5. The highest BCUT2D eigenvalue weighted by Gasteiger charge is 2.39. The number of hydrogen-bond donors (Lipinski definition) is 0. The third kappa shape index (κ3) is 3.29. The van der Waals surface area contributed by atoms with E-state index in [0.717, 1.165) is 20.3 Å². The molecule has 160 valence electrons. The van der Waals surface area contributed by atoms with Crippen molar-refractivity contribution >= 4 is 28.7 Å². The number of aromatic nitrogens is 4. The molecule has 0 aliphatic carbocycles. The number of aryl methyl sites for hydroxylation is 2. The molecule has 2 aromatic carbocycles. The van der Waals surface area contributed by atoms with E-state index in [2.05, 4.69) is 25.2 Å². The van der Waals surface area contributed by atoms with Crippen LogP contribution in [0.15, 0.2) is 75.6 Å². The van der Waals surface area contributed by atoms with Gasteiger partial charge in [-0.1, -0.05) is 60.7 Å². The number of hydrogen-bond acceptors (Lipinski definition) is 4. The van der Waals surface area contributed by atoms with Gasteiger partial charge in [0.25, 0.3) is 5.82 Å². The van der Waals surface area contributed by atoms with Crippen LogP contribution in [0.25, 0.3) is 5.65 Å². The number of alkyl halides is 3. The monoisotopic (exact) mass is 435 g/mol. The van der Waals surface area contributed by atoms with E-state index in [4.69, 9.17) is 0 Å². The molecule has 0 spiro atoms. The van der Waals surface area contributed by atoms with E-state index in [1.54, 1.807) is 6.92 Å². The van der Waals surface area contributed by atoms with E-state index < -0.39 is 12.0 Å². The fraction of sp³-hybridized carbons (Fsp3) is 0.136. The number of amidine groups is 2. The molecular weight excluding hydrogens is 419 g/mol. The summed E-state index contributed by atoms with van der Waals surface area (Å²) >= 11 is 0. The number of nitrogens with zero attached hydrogens (tertiary/aromatic N) is 7. The lowest BCUT2D eigenvalue weighted by Gasteiger charge is -2.01. The molecule has 0 amide bonds. The standard InChI is InChI=1S/C22H16F3N7/c1-13-16(20-31(2)30-21(22(23,24)25)32(20)29-13)26-19-17(14-9-5-3-6-10-14)27-18(28-19)15-11-7-4-8-12-15/h3-12H,1-2H3. The maximum Gasteiger partial charge on any atom is 0.453 e. The average molecular weight is 435 g/mol. The molecule has 5 rings (SSSR count). The molecule has 7 nitrogen and oxygen atoms in total. The summed E-state index contributed by atoms with van der Waals surface area (Å²) in [6.07, 6.45) is -4.65. The first-order valence-corrected chi connectivity index (χ1v) is 9.70. The number of fused-ring (bicyclic) bond motifs is 1. The zero-order valence-electron chi connectivity index (χ0n) is 17.0. The molecule has 0 fully saturated rings. The minimum Gasteiger partial charge on any atom is -0.247 e.